The minimum atomic E-state index is -3.61. The number of nitrogens with one attached hydrogen (secondary N) is 1. The predicted octanol–water partition coefficient (Wildman–Crippen LogP) is 1.89. The number of hydrogen-bond donors (Lipinski definition) is 1. The van der Waals surface area contributed by atoms with Crippen LogP contribution in [0.3, 0.4) is 0 Å². The summed E-state index contributed by atoms with van der Waals surface area (Å²) >= 11 is 0. The van der Waals surface area contributed by atoms with Crippen molar-refractivity contribution < 1.29 is 27.1 Å². The van der Waals surface area contributed by atoms with Crippen molar-refractivity contribution in [3.05, 3.63) is 66.0 Å². The van der Waals surface area contributed by atoms with Crippen LogP contribution >= 0.6 is 0 Å². The maximum Gasteiger partial charge on any atom is 0.328 e. The summed E-state index contributed by atoms with van der Waals surface area (Å²) in [6.45, 7) is 0. The molecule has 0 aliphatic rings. The van der Waals surface area contributed by atoms with E-state index in [2.05, 4.69) is 10.1 Å². The molecule has 0 fully saturated rings. The Bertz CT molecular complexity index is 899. The van der Waals surface area contributed by atoms with E-state index in [0.717, 1.165) is 7.11 Å². The SMILES string of the molecule is COC(=O)[C@@H](CCS(=O)(=O)c1ccccc1)NC(=O)Cc1cccc(F)c1. The first kappa shape index (κ1) is 20.6. The van der Waals surface area contributed by atoms with Gasteiger partial charge in [0.15, 0.2) is 9.84 Å². The quantitative estimate of drug-likeness (QED) is 0.692. The molecule has 1 atom stereocenters. The number of amides is 1. The van der Waals surface area contributed by atoms with Crippen molar-refractivity contribution in [2.75, 3.05) is 12.9 Å². The van der Waals surface area contributed by atoms with Gasteiger partial charge in [0.1, 0.15) is 11.9 Å². The zero-order chi connectivity index (χ0) is 19.9. The van der Waals surface area contributed by atoms with E-state index in [1.807, 2.05) is 0 Å². The summed E-state index contributed by atoms with van der Waals surface area (Å²) in [7, 11) is -2.45. The molecule has 2 rings (SSSR count). The van der Waals surface area contributed by atoms with Crippen molar-refractivity contribution in [1.82, 2.24) is 5.32 Å². The minimum Gasteiger partial charge on any atom is -0.467 e. The lowest BCUT2D eigenvalue weighted by atomic mass is 10.1. The lowest BCUT2D eigenvalue weighted by Gasteiger charge is -2.16. The van der Waals surface area contributed by atoms with Gasteiger partial charge in [0.25, 0.3) is 0 Å². The third kappa shape index (κ3) is 6.18. The van der Waals surface area contributed by atoms with Crippen LogP contribution in [0.15, 0.2) is 59.5 Å². The first-order valence-corrected chi connectivity index (χ1v) is 9.86. The van der Waals surface area contributed by atoms with Gasteiger partial charge in [-0.05, 0) is 36.2 Å². The van der Waals surface area contributed by atoms with Gasteiger partial charge < -0.3 is 10.1 Å². The standard InChI is InChI=1S/C19H20FNO5S/c1-26-19(23)17(10-11-27(24,25)16-8-3-2-4-9-16)21-18(22)13-14-6-5-7-15(20)12-14/h2-9,12,17H,10-11,13H2,1H3,(H,21,22)/t17-/m1/s1. The van der Waals surface area contributed by atoms with Crippen LogP contribution in [0.2, 0.25) is 0 Å². The average molecular weight is 393 g/mol. The van der Waals surface area contributed by atoms with E-state index < -0.39 is 33.6 Å². The van der Waals surface area contributed by atoms with Gasteiger partial charge in [-0.1, -0.05) is 30.3 Å². The minimum absolute atomic E-state index is 0.139. The van der Waals surface area contributed by atoms with Gasteiger partial charge in [-0.3, -0.25) is 4.79 Å². The van der Waals surface area contributed by atoms with E-state index in [9.17, 15) is 22.4 Å². The molecule has 1 N–H and O–H groups in total. The first-order chi connectivity index (χ1) is 12.8. The summed E-state index contributed by atoms with van der Waals surface area (Å²) in [5.74, 6) is -2.09. The van der Waals surface area contributed by atoms with Crippen LogP contribution in [0, 0.1) is 5.82 Å². The number of methoxy groups -OCH3 is 1. The Labute approximate surface area is 157 Å². The summed E-state index contributed by atoms with van der Waals surface area (Å²) in [6, 6.07) is 12.2. The number of benzene rings is 2. The third-order valence-corrected chi connectivity index (χ3v) is 5.62. The van der Waals surface area contributed by atoms with Crippen molar-refractivity contribution in [3.63, 3.8) is 0 Å². The Balaban J connectivity index is 2.02. The van der Waals surface area contributed by atoms with Crippen LogP contribution < -0.4 is 5.32 Å². The molecule has 1 amide bonds. The second-order valence-corrected chi connectivity index (χ2v) is 7.98. The summed E-state index contributed by atoms with van der Waals surface area (Å²) < 4.78 is 42.6. The lowest BCUT2D eigenvalue weighted by Crippen LogP contribution is -2.43. The number of esters is 1. The van der Waals surface area contributed by atoms with Crippen LogP contribution in [-0.4, -0.2) is 39.2 Å². The maximum atomic E-state index is 13.2. The predicted molar refractivity (Wildman–Crippen MR) is 97.2 cm³/mol. The molecule has 0 unspecified atom stereocenters. The number of carbonyl (C=O) groups is 2. The molecule has 27 heavy (non-hydrogen) atoms. The summed E-state index contributed by atoms with van der Waals surface area (Å²) in [4.78, 5) is 24.2. The largest absolute Gasteiger partial charge is 0.467 e. The van der Waals surface area contributed by atoms with Gasteiger partial charge in [-0.25, -0.2) is 17.6 Å². The zero-order valence-corrected chi connectivity index (χ0v) is 15.5. The number of hydrogen-bond acceptors (Lipinski definition) is 5. The molecule has 0 aliphatic heterocycles. The fraction of sp³-hybridized carbons (Fsp3) is 0.263. The molecule has 2 aromatic rings. The topological polar surface area (TPSA) is 89.5 Å². The van der Waals surface area contributed by atoms with Crippen LogP contribution in [0.4, 0.5) is 4.39 Å². The average Bonchev–Trinajstić information content (AvgIpc) is 2.65. The van der Waals surface area contributed by atoms with Crippen molar-refractivity contribution in [2.45, 2.75) is 23.8 Å². The van der Waals surface area contributed by atoms with E-state index in [0.29, 0.717) is 5.56 Å². The summed E-state index contributed by atoms with van der Waals surface area (Å²) in [5.41, 5.74) is 0.438. The van der Waals surface area contributed by atoms with Gasteiger partial charge in [-0.2, -0.15) is 0 Å². The Hall–Kier alpha value is -2.74. The molecule has 8 heteroatoms. The molecule has 0 aromatic heterocycles. The highest BCUT2D eigenvalue weighted by molar-refractivity contribution is 7.91. The molecule has 144 valence electrons. The normalized spacial score (nSPS) is 12.2. The van der Waals surface area contributed by atoms with E-state index in [1.165, 1.54) is 30.3 Å². The molecule has 0 bridgehead atoms. The van der Waals surface area contributed by atoms with Crippen molar-refractivity contribution in [3.8, 4) is 0 Å². The Morgan fingerprint density at radius 3 is 2.44 bits per heavy atom. The third-order valence-electron chi connectivity index (χ3n) is 3.85. The molecule has 0 heterocycles. The summed E-state index contributed by atoms with van der Waals surface area (Å²) in [6.07, 6.45) is -0.282. The van der Waals surface area contributed by atoms with Crippen LogP contribution in [0.5, 0.6) is 0 Å². The molecule has 0 spiro atoms. The number of carbonyl (C=O) groups excluding carboxylic acids is 2. The number of sulfone groups is 1. The molecule has 0 radical (unpaired) electrons. The van der Waals surface area contributed by atoms with E-state index in [1.54, 1.807) is 24.3 Å². The highest BCUT2D eigenvalue weighted by Gasteiger charge is 2.25. The fourth-order valence-electron chi connectivity index (χ4n) is 2.49. The number of rotatable bonds is 8. The summed E-state index contributed by atoms with van der Waals surface area (Å²) in [5, 5.41) is 2.46. The maximum absolute atomic E-state index is 13.2. The second kappa shape index (κ2) is 9.27. The van der Waals surface area contributed by atoms with Crippen LogP contribution in [-0.2, 0) is 30.6 Å². The monoisotopic (exact) mass is 393 g/mol. The van der Waals surface area contributed by atoms with E-state index in [-0.39, 0.29) is 23.5 Å². The van der Waals surface area contributed by atoms with Crippen molar-refractivity contribution in [1.29, 1.82) is 0 Å². The Morgan fingerprint density at radius 1 is 1.11 bits per heavy atom. The molecular weight excluding hydrogens is 373 g/mol. The smallest absolute Gasteiger partial charge is 0.328 e. The van der Waals surface area contributed by atoms with E-state index >= 15 is 0 Å². The molecule has 6 nitrogen and oxygen atoms in total. The number of ether oxygens (including phenoxy) is 1. The molecule has 0 aliphatic carbocycles. The van der Waals surface area contributed by atoms with Gasteiger partial charge in [-0.15, -0.1) is 0 Å². The van der Waals surface area contributed by atoms with Gasteiger partial charge in [0.05, 0.1) is 24.2 Å². The second-order valence-electron chi connectivity index (χ2n) is 5.87. The highest BCUT2D eigenvalue weighted by atomic mass is 32.2. The van der Waals surface area contributed by atoms with Crippen LogP contribution in [0.25, 0.3) is 0 Å². The Morgan fingerprint density at radius 2 is 1.81 bits per heavy atom. The number of halogens is 1. The first-order valence-electron chi connectivity index (χ1n) is 8.21. The van der Waals surface area contributed by atoms with Gasteiger partial charge in [0, 0.05) is 0 Å². The molecular formula is C19H20FNO5S. The molecule has 0 saturated heterocycles. The molecule has 2 aromatic carbocycles. The Kier molecular flexibility index (Phi) is 7.06. The van der Waals surface area contributed by atoms with Crippen molar-refractivity contribution >= 4 is 21.7 Å². The van der Waals surface area contributed by atoms with E-state index in [4.69, 9.17) is 0 Å². The fourth-order valence-corrected chi connectivity index (χ4v) is 3.84. The zero-order valence-electron chi connectivity index (χ0n) is 14.7. The lowest BCUT2D eigenvalue weighted by molar-refractivity contribution is -0.145. The van der Waals surface area contributed by atoms with Crippen LogP contribution in [0.1, 0.15) is 12.0 Å². The van der Waals surface area contributed by atoms with Gasteiger partial charge >= 0.3 is 5.97 Å². The van der Waals surface area contributed by atoms with Gasteiger partial charge in [0.2, 0.25) is 5.91 Å². The highest BCUT2D eigenvalue weighted by Crippen LogP contribution is 2.13. The van der Waals surface area contributed by atoms with Crippen molar-refractivity contribution in [2.24, 2.45) is 0 Å². The molecule has 0 saturated carbocycles.